The van der Waals surface area contributed by atoms with Gasteiger partial charge in [0.1, 0.15) is 5.76 Å². The van der Waals surface area contributed by atoms with Gasteiger partial charge in [0.25, 0.3) is 5.91 Å². The fourth-order valence-corrected chi connectivity index (χ4v) is 2.56. The molecule has 0 radical (unpaired) electrons. The molecule has 5 heteroatoms. The molecule has 0 saturated heterocycles. The molecular weight excluding hydrogens is 244 g/mol. The summed E-state index contributed by atoms with van der Waals surface area (Å²) in [4.78, 5) is 13.7. The average Bonchev–Trinajstić information content (AvgIpc) is 2.97. The molecule has 1 aliphatic rings. The normalized spacial score (nSPS) is 17.9. The van der Waals surface area contributed by atoms with Crippen molar-refractivity contribution in [1.82, 2.24) is 10.1 Å². The van der Waals surface area contributed by atoms with Crippen LogP contribution < -0.4 is 0 Å². The summed E-state index contributed by atoms with van der Waals surface area (Å²) in [6, 6.07) is 1.68. The highest BCUT2D eigenvalue weighted by Gasteiger charge is 2.34. The van der Waals surface area contributed by atoms with Crippen molar-refractivity contribution >= 4 is 5.91 Å². The van der Waals surface area contributed by atoms with E-state index in [0.29, 0.717) is 18.0 Å². The molecule has 106 valence electrons. The van der Waals surface area contributed by atoms with Gasteiger partial charge in [0.15, 0.2) is 5.69 Å². The largest absolute Gasteiger partial charge is 0.388 e. The third-order valence-electron chi connectivity index (χ3n) is 3.73. The van der Waals surface area contributed by atoms with E-state index in [4.69, 9.17) is 4.52 Å². The summed E-state index contributed by atoms with van der Waals surface area (Å²) in [6.07, 6.45) is 3.58. The van der Waals surface area contributed by atoms with Crippen LogP contribution >= 0.6 is 0 Å². The van der Waals surface area contributed by atoms with Crippen molar-refractivity contribution in [2.45, 2.75) is 51.0 Å². The van der Waals surface area contributed by atoms with Crippen LogP contribution in [-0.4, -0.2) is 40.3 Å². The minimum absolute atomic E-state index is 0.198. The third-order valence-corrected chi connectivity index (χ3v) is 3.73. The van der Waals surface area contributed by atoms with Crippen molar-refractivity contribution in [2.24, 2.45) is 0 Å². The lowest BCUT2D eigenvalue weighted by atomic mass is 10.0. The molecule has 1 fully saturated rings. The first-order valence-electron chi connectivity index (χ1n) is 6.86. The number of nitrogens with zero attached hydrogens (tertiary/aromatic N) is 2. The lowest BCUT2D eigenvalue weighted by Crippen LogP contribution is -2.42. The maximum atomic E-state index is 12.2. The van der Waals surface area contributed by atoms with Crippen LogP contribution in [0.4, 0.5) is 0 Å². The van der Waals surface area contributed by atoms with E-state index in [1.54, 1.807) is 13.1 Å². The monoisotopic (exact) mass is 266 g/mol. The third kappa shape index (κ3) is 3.15. The van der Waals surface area contributed by atoms with Gasteiger partial charge in [-0.1, -0.05) is 31.8 Å². The summed E-state index contributed by atoms with van der Waals surface area (Å²) in [7, 11) is 1.70. The van der Waals surface area contributed by atoms with Gasteiger partial charge < -0.3 is 14.5 Å². The van der Waals surface area contributed by atoms with Gasteiger partial charge in [-0.15, -0.1) is 0 Å². The molecule has 0 aliphatic heterocycles. The summed E-state index contributed by atoms with van der Waals surface area (Å²) in [5.74, 6) is 0.714. The van der Waals surface area contributed by atoms with E-state index < -0.39 is 5.60 Å². The zero-order valence-electron chi connectivity index (χ0n) is 11.8. The maximum Gasteiger partial charge on any atom is 0.275 e. The second-order valence-corrected chi connectivity index (χ2v) is 5.86. The molecule has 0 unspecified atom stereocenters. The maximum absolute atomic E-state index is 12.2. The Balaban J connectivity index is 2.01. The molecule has 1 aromatic rings. The Morgan fingerprint density at radius 1 is 1.53 bits per heavy atom. The van der Waals surface area contributed by atoms with E-state index in [9.17, 15) is 9.90 Å². The van der Waals surface area contributed by atoms with Crippen molar-refractivity contribution in [3.8, 4) is 0 Å². The zero-order valence-corrected chi connectivity index (χ0v) is 11.8. The average molecular weight is 266 g/mol. The fraction of sp³-hybridized carbons (Fsp3) is 0.714. The van der Waals surface area contributed by atoms with Gasteiger partial charge in [0, 0.05) is 25.6 Å². The molecule has 1 N–H and O–H groups in total. The van der Waals surface area contributed by atoms with Crippen LogP contribution in [0.2, 0.25) is 0 Å². The first-order valence-corrected chi connectivity index (χ1v) is 6.86. The number of hydrogen-bond acceptors (Lipinski definition) is 4. The van der Waals surface area contributed by atoms with E-state index in [1.165, 1.54) is 4.90 Å². The SMILES string of the molecule is CC(C)c1cc(C(=O)N(C)CC2(O)CCCC2)no1. The predicted molar refractivity (Wildman–Crippen MR) is 71.0 cm³/mol. The fourth-order valence-electron chi connectivity index (χ4n) is 2.56. The quantitative estimate of drug-likeness (QED) is 0.907. The summed E-state index contributed by atoms with van der Waals surface area (Å²) in [5, 5.41) is 14.1. The van der Waals surface area contributed by atoms with Gasteiger partial charge in [0.05, 0.1) is 5.60 Å². The molecule has 1 heterocycles. The molecule has 2 rings (SSSR count). The molecule has 1 aliphatic carbocycles. The van der Waals surface area contributed by atoms with Crippen LogP contribution in [0.3, 0.4) is 0 Å². The minimum Gasteiger partial charge on any atom is -0.388 e. The molecule has 0 bridgehead atoms. The Morgan fingerprint density at radius 3 is 2.68 bits per heavy atom. The lowest BCUT2D eigenvalue weighted by Gasteiger charge is -2.28. The number of carbonyl (C=O) groups is 1. The minimum atomic E-state index is -0.727. The van der Waals surface area contributed by atoms with Crippen LogP contribution in [-0.2, 0) is 0 Å². The summed E-state index contributed by atoms with van der Waals surface area (Å²) in [5.41, 5.74) is -0.414. The van der Waals surface area contributed by atoms with Crippen molar-refractivity contribution in [2.75, 3.05) is 13.6 Å². The van der Waals surface area contributed by atoms with Crippen molar-refractivity contribution in [3.63, 3.8) is 0 Å². The van der Waals surface area contributed by atoms with Crippen LogP contribution in [0.25, 0.3) is 0 Å². The Kier molecular flexibility index (Phi) is 3.94. The molecular formula is C14H22N2O3. The van der Waals surface area contributed by atoms with E-state index >= 15 is 0 Å². The lowest BCUT2D eigenvalue weighted by molar-refractivity contribution is 0.0153. The number of aromatic nitrogens is 1. The smallest absolute Gasteiger partial charge is 0.275 e. The molecule has 1 aromatic heterocycles. The summed E-state index contributed by atoms with van der Waals surface area (Å²) in [6.45, 7) is 4.33. The molecule has 0 aromatic carbocycles. The van der Waals surface area contributed by atoms with Crippen molar-refractivity contribution in [3.05, 3.63) is 17.5 Å². The highest BCUT2D eigenvalue weighted by Crippen LogP contribution is 2.30. The molecule has 1 saturated carbocycles. The molecule has 1 amide bonds. The molecule has 19 heavy (non-hydrogen) atoms. The van der Waals surface area contributed by atoms with Crippen LogP contribution in [0, 0.1) is 0 Å². The van der Waals surface area contributed by atoms with E-state index in [1.807, 2.05) is 13.8 Å². The standard InChI is InChI=1S/C14H22N2O3/c1-10(2)12-8-11(15-19-12)13(17)16(3)9-14(18)6-4-5-7-14/h8,10,18H,4-7,9H2,1-3H3. The number of amides is 1. The zero-order chi connectivity index (χ0) is 14.0. The van der Waals surface area contributed by atoms with Gasteiger partial charge in [-0.2, -0.15) is 0 Å². The van der Waals surface area contributed by atoms with Gasteiger partial charge in [-0.3, -0.25) is 4.79 Å². The van der Waals surface area contributed by atoms with Crippen molar-refractivity contribution in [1.29, 1.82) is 0 Å². The number of rotatable bonds is 4. The number of likely N-dealkylation sites (N-methyl/N-ethyl adjacent to an activating group) is 1. The van der Waals surface area contributed by atoms with E-state index in [-0.39, 0.29) is 11.8 Å². The van der Waals surface area contributed by atoms with Gasteiger partial charge in [-0.25, -0.2) is 0 Å². The predicted octanol–water partition coefficient (Wildman–Crippen LogP) is 2.18. The Hall–Kier alpha value is -1.36. The topological polar surface area (TPSA) is 66.6 Å². The van der Waals surface area contributed by atoms with Crippen LogP contribution in [0.15, 0.2) is 10.6 Å². The van der Waals surface area contributed by atoms with E-state index in [0.717, 1.165) is 25.7 Å². The van der Waals surface area contributed by atoms with Crippen LogP contribution in [0.1, 0.15) is 61.7 Å². The summed E-state index contributed by atoms with van der Waals surface area (Å²) < 4.78 is 5.13. The second kappa shape index (κ2) is 5.33. The highest BCUT2D eigenvalue weighted by atomic mass is 16.5. The van der Waals surface area contributed by atoms with Crippen molar-refractivity contribution < 1.29 is 14.4 Å². The second-order valence-electron chi connectivity index (χ2n) is 5.86. The Bertz CT molecular complexity index is 447. The summed E-state index contributed by atoms with van der Waals surface area (Å²) >= 11 is 0. The molecule has 0 atom stereocenters. The first kappa shape index (κ1) is 14.1. The van der Waals surface area contributed by atoms with E-state index in [2.05, 4.69) is 5.16 Å². The highest BCUT2D eigenvalue weighted by molar-refractivity contribution is 5.92. The van der Waals surface area contributed by atoms with Gasteiger partial charge in [0.2, 0.25) is 0 Å². The Labute approximate surface area is 113 Å². The first-order chi connectivity index (χ1) is 8.91. The van der Waals surface area contributed by atoms with Crippen LogP contribution in [0.5, 0.6) is 0 Å². The van der Waals surface area contributed by atoms with Gasteiger partial charge >= 0.3 is 0 Å². The number of aliphatic hydroxyl groups is 1. The Morgan fingerprint density at radius 2 is 2.16 bits per heavy atom. The molecule has 0 spiro atoms. The number of hydrogen-bond donors (Lipinski definition) is 1. The number of carbonyl (C=O) groups excluding carboxylic acids is 1. The molecule has 5 nitrogen and oxygen atoms in total. The van der Waals surface area contributed by atoms with Gasteiger partial charge in [-0.05, 0) is 12.8 Å².